The number of nitrogens with zero attached hydrogens (tertiary/aromatic N) is 3. The monoisotopic (exact) mass is 309 g/mol. The minimum absolute atomic E-state index is 0.0556. The molecule has 0 amide bonds. The zero-order valence-corrected chi connectivity index (χ0v) is 11.7. The number of nitro benzene ring substituents is 1. The fourth-order valence-corrected chi connectivity index (χ4v) is 2.49. The van der Waals surface area contributed by atoms with Crippen LogP contribution in [0, 0.1) is 17.0 Å². The van der Waals surface area contributed by atoms with Crippen molar-refractivity contribution in [3.05, 3.63) is 46.3 Å². The summed E-state index contributed by atoms with van der Waals surface area (Å²) in [4.78, 5) is 17.2. The van der Waals surface area contributed by atoms with Gasteiger partial charge < -0.3 is 5.73 Å². The van der Waals surface area contributed by atoms with Crippen LogP contribution < -0.4 is 10.5 Å². The Morgan fingerprint density at radius 2 is 1.90 bits per heavy atom. The highest BCUT2D eigenvalue weighted by Gasteiger charge is 2.18. The first-order valence-electron chi connectivity index (χ1n) is 5.65. The minimum atomic E-state index is -3.94. The van der Waals surface area contributed by atoms with Crippen molar-refractivity contribution in [1.29, 1.82) is 0 Å². The van der Waals surface area contributed by atoms with E-state index >= 15 is 0 Å². The van der Waals surface area contributed by atoms with Crippen LogP contribution in [0.15, 0.2) is 35.5 Å². The van der Waals surface area contributed by atoms with Crippen LogP contribution in [0.3, 0.4) is 0 Å². The quantitative estimate of drug-likeness (QED) is 0.635. The lowest BCUT2D eigenvalue weighted by molar-refractivity contribution is -0.385. The van der Waals surface area contributed by atoms with Gasteiger partial charge in [-0.2, -0.15) is 0 Å². The molecule has 2 rings (SSSR count). The summed E-state index contributed by atoms with van der Waals surface area (Å²) in [5.74, 6) is -0.0556. The summed E-state index contributed by atoms with van der Waals surface area (Å²) < 4.78 is 26.4. The number of sulfonamides is 1. The van der Waals surface area contributed by atoms with Gasteiger partial charge in [-0.15, -0.1) is 0 Å². The Bertz CT molecular complexity index is 789. The summed E-state index contributed by atoms with van der Waals surface area (Å²) >= 11 is 0. The van der Waals surface area contributed by atoms with Gasteiger partial charge in [-0.25, -0.2) is 18.4 Å². The van der Waals surface area contributed by atoms with Crippen LogP contribution in [-0.4, -0.2) is 23.3 Å². The molecule has 0 bridgehead atoms. The average Bonchev–Trinajstić information content (AvgIpc) is 2.41. The van der Waals surface area contributed by atoms with Crippen molar-refractivity contribution in [1.82, 2.24) is 9.97 Å². The SMILES string of the molecule is Cc1ccc(NS(=O)(=O)c2cnc(N)nc2)cc1[N+](=O)[O-]. The Morgan fingerprint density at radius 3 is 2.48 bits per heavy atom. The molecule has 0 spiro atoms. The molecule has 3 N–H and O–H groups in total. The van der Waals surface area contributed by atoms with Gasteiger partial charge >= 0.3 is 0 Å². The number of hydrogen-bond donors (Lipinski definition) is 2. The molecule has 1 aromatic carbocycles. The van der Waals surface area contributed by atoms with Gasteiger partial charge in [-0.05, 0) is 13.0 Å². The number of nitro groups is 1. The van der Waals surface area contributed by atoms with Crippen LogP contribution in [0.5, 0.6) is 0 Å². The molecular formula is C11H11N5O4S. The third kappa shape index (κ3) is 3.23. The number of hydrogen-bond acceptors (Lipinski definition) is 7. The molecule has 1 heterocycles. The fraction of sp³-hybridized carbons (Fsp3) is 0.0909. The molecule has 2 aromatic rings. The summed E-state index contributed by atoms with van der Waals surface area (Å²) in [5.41, 5.74) is 5.61. The van der Waals surface area contributed by atoms with E-state index in [1.807, 2.05) is 0 Å². The van der Waals surface area contributed by atoms with E-state index in [1.54, 1.807) is 6.92 Å². The summed E-state index contributed by atoms with van der Waals surface area (Å²) in [5, 5.41) is 10.8. The summed E-state index contributed by atoms with van der Waals surface area (Å²) in [6, 6.07) is 4.03. The lowest BCUT2D eigenvalue weighted by atomic mass is 10.2. The third-order valence-corrected chi connectivity index (χ3v) is 3.95. The number of anilines is 2. The maximum absolute atomic E-state index is 12.1. The fourth-order valence-electron chi connectivity index (χ4n) is 1.55. The zero-order chi connectivity index (χ0) is 15.6. The molecule has 0 aliphatic carbocycles. The molecule has 0 radical (unpaired) electrons. The van der Waals surface area contributed by atoms with Crippen molar-refractivity contribution < 1.29 is 13.3 Å². The first-order chi connectivity index (χ1) is 9.79. The van der Waals surface area contributed by atoms with Gasteiger partial charge in [-0.1, -0.05) is 6.07 Å². The van der Waals surface area contributed by atoms with Gasteiger partial charge in [-0.3, -0.25) is 14.8 Å². The summed E-state index contributed by atoms with van der Waals surface area (Å²) in [6.07, 6.45) is 2.10. The van der Waals surface area contributed by atoms with Gasteiger partial charge in [0.2, 0.25) is 5.95 Å². The Labute approximate surface area is 120 Å². The van der Waals surface area contributed by atoms with E-state index in [9.17, 15) is 18.5 Å². The standard InChI is InChI=1S/C11H11N5O4S/c1-7-2-3-8(4-10(7)16(17)18)15-21(19,20)9-5-13-11(12)14-6-9/h2-6,15H,1H3,(H2,12,13,14). The highest BCUT2D eigenvalue weighted by Crippen LogP contribution is 2.24. The lowest BCUT2D eigenvalue weighted by Gasteiger charge is -2.08. The first kappa shape index (κ1) is 14.7. The molecule has 110 valence electrons. The Morgan fingerprint density at radius 1 is 1.29 bits per heavy atom. The van der Waals surface area contributed by atoms with E-state index in [1.165, 1.54) is 12.1 Å². The van der Waals surface area contributed by atoms with Gasteiger partial charge in [0.05, 0.1) is 23.0 Å². The smallest absolute Gasteiger partial charge is 0.274 e. The summed E-state index contributed by atoms with van der Waals surface area (Å²) in [7, 11) is -3.94. The molecule has 0 atom stereocenters. The van der Waals surface area contributed by atoms with E-state index in [-0.39, 0.29) is 22.2 Å². The second kappa shape index (κ2) is 5.32. The Hall–Kier alpha value is -2.75. The molecule has 1 aromatic heterocycles. The number of benzene rings is 1. The predicted octanol–water partition coefficient (Wildman–Crippen LogP) is 1.08. The summed E-state index contributed by atoms with van der Waals surface area (Å²) in [6.45, 7) is 1.56. The number of rotatable bonds is 4. The van der Waals surface area contributed by atoms with Crippen molar-refractivity contribution in [2.45, 2.75) is 11.8 Å². The zero-order valence-electron chi connectivity index (χ0n) is 10.8. The van der Waals surface area contributed by atoms with Crippen molar-refractivity contribution in [3.63, 3.8) is 0 Å². The number of nitrogens with two attached hydrogens (primary N) is 1. The van der Waals surface area contributed by atoms with Gasteiger partial charge in [0.1, 0.15) is 4.90 Å². The Kier molecular flexibility index (Phi) is 3.72. The molecule has 10 heteroatoms. The predicted molar refractivity (Wildman–Crippen MR) is 75.1 cm³/mol. The number of aromatic nitrogens is 2. The second-order valence-corrected chi connectivity index (χ2v) is 5.82. The van der Waals surface area contributed by atoms with Crippen molar-refractivity contribution >= 4 is 27.3 Å². The topological polar surface area (TPSA) is 141 Å². The molecule has 9 nitrogen and oxygen atoms in total. The normalized spacial score (nSPS) is 11.1. The van der Waals surface area contributed by atoms with E-state index in [0.717, 1.165) is 18.5 Å². The first-order valence-corrected chi connectivity index (χ1v) is 7.13. The molecule has 21 heavy (non-hydrogen) atoms. The third-order valence-electron chi connectivity index (χ3n) is 2.62. The van der Waals surface area contributed by atoms with Crippen molar-refractivity contribution in [3.8, 4) is 0 Å². The highest BCUT2D eigenvalue weighted by atomic mass is 32.2. The number of nitrogens with one attached hydrogen (secondary N) is 1. The van der Waals surface area contributed by atoms with Gasteiger partial charge in [0.15, 0.2) is 0 Å². The highest BCUT2D eigenvalue weighted by molar-refractivity contribution is 7.92. The van der Waals surface area contributed by atoms with Crippen LogP contribution in [0.2, 0.25) is 0 Å². The van der Waals surface area contributed by atoms with E-state index in [2.05, 4.69) is 14.7 Å². The average molecular weight is 309 g/mol. The molecule has 0 saturated carbocycles. The van der Waals surface area contributed by atoms with Crippen LogP contribution in [-0.2, 0) is 10.0 Å². The maximum Gasteiger partial charge on any atom is 0.274 e. The molecule has 0 fully saturated rings. The van der Waals surface area contributed by atoms with Crippen molar-refractivity contribution in [2.24, 2.45) is 0 Å². The van der Waals surface area contributed by atoms with E-state index in [4.69, 9.17) is 5.73 Å². The molecular weight excluding hydrogens is 298 g/mol. The van der Waals surface area contributed by atoms with E-state index < -0.39 is 14.9 Å². The largest absolute Gasteiger partial charge is 0.368 e. The van der Waals surface area contributed by atoms with Crippen LogP contribution >= 0.6 is 0 Å². The Balaban J connectivity index is 2.35. The second-order valence-electron chi connectivity index (χ2n) is 4.14. The van der Waals surface area contributed by atoms with Crippen LogP contribution in [0.4, 0.5) is 17.3 Å². The van der Waals surface area contributed by atoms with Crippen LogP contribution in [0.1, 0.15) is 5.56 Å². The molecule has 0 saturated heterocycles. The minimum Gasteiger partial charge on any atom is -0.368 e. The molecule has 0 aliphatic heterocycles. The number of nitrogen functional groups attached to an aromatic ring is 1. The van der Waals surface area contributed by atoms with E-state index in [0.29, 0.717) is 5.56 Å². The van der Waals surface area contributed by atoms with Crippen LogP contribution in [0.25, 0.3) is 0 Å². The van der Waals surface area contributed by atoms with Gasteiger partial charge in [0, 0.05) is 11.6 Å². The van der Waals surface area contributed by atoms with Crippen molar-refractivity contribution in [2.75, 3.05) is 10.5 Å². The maximum atomic E-state index is 12.1. The number of aryl methyl sites for hydroxylation is 1. The van der Waals surface area contributed by atoms with Gasteiger partial charge in [0.25, 0.3) is 15.7 Å². The lowest BCUT2D eigenvalue weighted by Crippen LogP contribution is -2.14. The molecule has 0 unspecified atom stereocenters. The molecule has 0 aliphatic rings.